The number of nitro groups is 1. The highest BCUT2D eigenvalue weighted by Crippen LogP contribution is 2.38. The molecule has 0 aromatic heterocycles. The lowest BCUT2D eigenvalue weighted by atomic mass is 10.1. The van der Waals surface area contributed by atoms with Crippen molar-refractivity contribution in [3.05, 3.63) is 92.5 Å². The molecule has 0 saturated heterocycles. The maximum Gasteiger partial charge on any atom is 0.315 e. The summed E-state index contributed by atoms with van der Waals surface area (Å²) >= 11 is 0. The Labute approximate surface area is 191 Å². The summed E-state index contributed by atoms with van der Waals surface area (Å²) in [6.07, 6.45) is 1.28. The number of methoxy groups -OCH3 is 1. The highest BCUT2D eigenvalue weighted by atomic mass is 16.6. The van der Waals surface area contributed by atoms with Crippen LogP contribution in [0.15, 0.2) is 59.7 Å². The van der Waals surface area contributed by atoms with Crippen molar-refractivity contribution in [2.24, 2.45) is 5.10 Å². The van der Waals surface area contributed by atoms with Gasteiger partial charge in [-0.15, -0.1) is 0 Å². The molecule has 1 amide bonds. The molecule has 9 nitrogen and oxygen atoms in total. The van der Waals surface area contributed by atoms with Crippen LogP contribution in [-0.2, 0) is 6.61 Å². The number of ether oxygens (including phenoxy) is 2. The summed E-state index contributed by atoms with van der Waals surface area (Å²) in [5.74, 6) is -0.310. The van der Waals surface area contributed by atoms with Crippen molar-refractivity contribution in [1.29, 1.82) is 0 Å². The second-order valence-electron chi connectivity index (χ2n) is 7.33. The first-order valence-corrected chi connectivity index (χ1v) is 10.0. The van der Waals surface area contributed by atoms with Crippen LogP contribution in [0, 0.1) is 24.0 Å². The molecule has 9 heteroatoms. The Hall–Kier alpha value is -4.40. The van der Waals surface area contributed by atoms with E-state index in [1.54, 1.807) is 24.3 Å². The van der Waals surface area contributed by atoms with Gasteiger partial charge in [0, 0.05) is 17.3 Å². The molecule has 0 aliphatic heterocycles. The minimum atomic E-state index is -0.554. The Bertz CT molecular complexity index is 1220. The van der Waals surface area contributed by atoms with Gasteiger partial charge in [-0.1, -0.05) is 35.9 Å². The number of nitrogens with two attached hydrogens (primary N) is 1. The molecule has 0 heterocycles. The fourth-order valence-electron chi connectivity index (χ4n) is 3.15. The van der Waals surface area contributed by atoms with E-state index >= 15 is 0 Å². The van der Waals surface area contributed by atoms with Gasteiger partial charge in [0.2, 0.25) is 5.75 Å². The molecule has 3 rings (SSSR count). The molecular formula is C24H24N4O5. The number of carbonyl (C=O) groups is 1. The minimum absolute atomic E-state index is 0.0154. The van der Waals surface area contributed by atoms with Crippen LogP contribution in [0.3, 0.4) is 0 Å². The fraction of sp³-hybridized carbons (Fsp3) is 0.167. The third-order valence-electron chi connectivity index (χ3n) is 4.94. The van der Waals surface area contributed by atoms with E-state index in [2.05, 4.69) is 10.5 Å². The average Bonchev–Trinajstić information content (AvgIpc) is 2.79. The van der Waals surface area contributed by atoms with Crippen LogP contribution in [0.4, 0.5) is 11.4 Å². The normalized spacial score (nSPS) is 10.8. The van der Waals surface area contributed by atoms with E-state index in [4.69, 9.17) is 15.2 Å². The molecule has 0 bridgehead atoms. The highest BCUT2D eigenvalue weighted by Gasteiger charge is 2.22. The van der Waals surface area contributed by atoms with E-state index in [1.807, 2.05) is 32.0 Å². The number of hydrogen-bond acceptors (Lipinski definition) is 7. The van der Waals surface area contributed by atoms with Crippen LogP contribution in [0.2, 0.25) is 0 Å². The number of anilines is 1. The van der Waals surface area contributed by atoms with Gasteiger partial charge in [0.05, 0.1) is 23.8 Å². The smallest absolute Gasteiger partial charge is 0.315 e. The first kappa shape index (κ1) is 23.3. The minimum Gasteiger partial charge on any atom is -0.493 e. The van der Waals surface area contributed by atoms with Gasteiger partial charge < -0.3 is 15.2 Å². The van der Waals surface area contributed by atoms with Gasteiger partial charge in [0.25, 0.3) is 5.91 Å². The summed E-state index contributed by atoms with van der Waals surface area (Å²) in [6, 6.07) is 15.3. The summed E-state index contributed by atoms with van der Waals surface area (Å²) in [7, 11) is 1.39. The maximum absolute atomic E-state index is 12.2. The topological polar surface area (TPSA) is 129 Å². The number of rotatable bonds is 8. The Morgan fingerprint density at radius 1 is 1.18 bits per heavy atom. The van der Waals surface area contributed by atoms with Gasteiger partial charge in [-0.3, -0.25) is 14.9 Å². The second kappa shape index (κ2) is 10.3. The largest absolute Gasteiger partial charge is 0.493 e. The average molecular weight is 448 g/mol. The second-order valence-corrected chi connectivity index (χ2v) is 7.33. The van der Waals surface area contributed by atoms with E-state index in [1.165, 1.54) is 25.5 Å². The third kappa shape index (κ3) is 5.65. The van der Waals surface area contributed by atoms with Crippen molar-refractivity contribution in [3.63, 3.8) is 0 Å². The van der Waals surface area contributed by atoms with Crippen molar-refractivity contribution in [3.8, 4) is 11.5 Å². The van der Waals surface area contributed by atoms with Gasteiger partial charge in [-0.25, -0.2) is 5.43 Å². The molecule has 0 radical (unpaired) electrons. The standard InChI is InChI=1S/C24H24N4O5/c1-15-8-9-16(2)18(10-15)14-33-23-21(28(30)31)11-17(12-22(23)32-3)13-26-27-24(29)19-6-4-5-7-20(19)25/h4-13H,14,25H2,1-3H3,(H,27,29)/b26-13-. The van der Waals surface area contributed by atoms with Crippen molar-refractivity contribution >= 4 is 23.5 Å². The van der Waals surface area contributed by atoms with E-state index in [9.17, 15) is 14.9 Å². The van der Waals surface area contributed by atoms with Gasteiger partial charge >= 0.3 is 5.69 Å². The predicted molar refractivity (Wildman–Crippen MR) is 126 cm³/mol. The molecule has 170 valence electrons. The zero-order valence-corrected chi connectivity index (χ0v) is 18.5. The first-order valence-electron chi connectivity index (χ1n) is 10.0. The molecule has 3 N–H and O–H groups in total. The van der Waals surface area contributed by atoms with E-state index in [0.717, 1.165) is 16.7 Å². The molecule has 0 saturated carbocycles. The molecule has 0 fully saturated rings. The summed E-state index contributed by atoms with van der Waals surface area (Å²) in [4.78, 5) is 23.4. The number of nitrogens with zero attached hydrogens (tertiary/aromatic N) is 2. The van der Waals surface area contributed by atoms with Crippen molar-refractivity contribution in [2.45, 2.75) is 20.5 Å². The molecule has 0 aliphatic carbocycles. The van der Waals surface area contributed by atoms with Gasteiger partial charge in [-0.05, 0) is 43.2 Å². The predicted octanol–water partition coefficient (Wildman–Crippen LogP) is 4.15. The zero-order valence-electron chi connectivity index (χ0n) is 18.5. The number of hydrazone groups is 1. The first-order chi connectivity index (χ1) is 15.8. The van der Waals surface area contributed by atoms with Crippen molar-refractivity contribution in [2.75, 3.05) is 12.8 Å². The van der Waals surface area contributed by atoms with Crippen LogP contribution in [0.25, 0.3) is 0 Å². The van der Waals surface area contributed by atoms with Crippen molar-refractivity contribution < 1.29 is 19.2 Å². The number of benzene rings is 3. The quantitative estimate of drug-likeness (QED) is 0.231. The monoisotopic (exact) mass is 448 g/mol. The van der Waals surface area contributed by atoms with Crippen LogP contribution in [0.5, 0.6) is 11.5 Å². The van der Waals surface area contributed by atoms with Crippen LogP contribution in [0.1, 0.15) is 32.6 Å². The number of hydrogen-bond donors (Lipinski definition) is 2. The zero-order chi connectivity index (χ0) is 24.0. The molecular weight excluding hydrogens is 424 g/mol. The number of para-hydroxylation sites is 1. The molecule has 3 aromatic rings. The fourth-order valence-corrected chi connectivity index (χ4v) is 3.15. The maximum atomic E-state index is 12.2. The lowest BCUT2D eigenvalue weighted by Gasteiger charge is -2.13. The Morgan fingerprint density at radius 2 is 1.94 bits per heavy atom. The Kier molecular flexibility index (Phi) is 7.24. The number of carbonyl (C=O) groups excluding carboxylic acids is 1. The molecule has 0 spiro atoms. The van der Waals surface area contributed by atoms with E-state index in [0.29, 0.717) is 11.3 Å². The highest BCUT2D eigenvalue weighted by molar-refractivity contribution is 5.99. The number of amides is 1. The summed E-state index contributed by atoms with van der Waals surface area (Å²) in [5.41, 5.74) is 11.8. The number of aryl methyl sites for hydroxylation is 2. The summed E-state index contributed by atoms with van der Waals surface area (Å²) < 4.78 is 11.2. The van der Waals surface area contributed by atoms with Crippen LogP contribution < -0.4 is 20.6 Å². The Morgan fingerprint density at radius 3 is 2.64 bits per heavy atom. The SMILES string of the molecule is COc1cc(/C=N\NC(=O)c2ccccc2N)cc([N+](=O)[O-])c1OCc1cc(C)ccc1C. The van der Waals surface area contributed by atoms with Gasteiger partial charge in [0.15, 0.2) is 5.75 Å². The molecule has 3 aromatic carbocycles. The van der Waals surface area contributed by atoms with Gasteiger partial charge in [0.1, 0.15) is 6.61 Å². The molecule has 0 unspecified atom stereocenters. The van der Waals surface area contributed by atoms with E-state index < -0.39 is 10.8 Å². The summed E-state index contributed by atoms with van der Waals surface area (Å²) in [6.45, 7) is 4.05. The molecule has 0 atom stereocenters. The molecule has 33 heavy (non-hydrogen) atoms. The van der Waals surface area contributed by atoms with E-state index in [-0.39, 0.29) is 29.4 Å². The number of nitrogen functional groups attached to an aromatic ring is 1. The molecule has 0 aliphatic rings. The number of nitrogens with one attached hydrogen (secondary N) is 1. The van der Waals surface area contributed by atoms with Gasteiger partial charge in [-0.2, -0.15) is 5.10 Å². The van der Waals surface area contributed by atoms with Crippen LogP contribution >= 0.6 is 0 Å². The Balaban J connectivity index is 1.83. The lowest BCUT2D eigenvalue weighted by molar-refractivity contribution is -0.386. The summed E-state index contributed by atoms with van der Waals surface area (Å²) in [5, 5.41) is 15.6. The van der Waals surface area contributed by atoms with Crippen LogP contribution in [-0.4, -0.2) is 24.2 Å². The lowest BCUT2D eigenvalue weighted by Crippen LogP contribution is -2.19. The van der Waals surface area contributed by atoms with Crippen molar-refractivity contribution in [1.82, 2.24) is 5.43 Å². The number of nitro benzene ring substituents is 1. The third-order valence-corrected chi connectivity index (χ3v) is 4.94.